The topological polar surface area (TPSA) is 66.4 Å². The van der Waals surface area contributed by atoms with E-state index >= 15 is 0 Å². The number of carbonyl (C=O) groups excluding carboxylic acids is 2. The Balaban J connectivity index is 1.67. The Labute approximate surface area is 157 Å². The normalized spacial score (nSPS) is 15.2. The number of thiophene rings is 1. The molecule has 0 aliphatic carbocycles. The zero-order chi connectivity index (χ0) is 18.4. The maximum absolute atomic E-state index is 12.6. The Kier molecular flexibility index (Phi) is 6.25. The van der Waals surface area contributed by atoms with E-state index in [1.54, 1.807) is 12.1 Å². The summed E-state index contributed by atoms with van der Waals surface area (Å²) in [5.74, 6) is -0.537. The first-order valence-corrected chi connectivity index (χ1v) is 9.70. The van der Waals surface area contributed by atoms with Gasteiger partial charge in [-0.3, -0.25) is 9.59 Å². The maximum Gasteiger partial charge on any atom is 0.267 e. The van der Waals surface area contributed by atoms with Crippen LogP contribution in [0.5, 0.6) is 0 Å². The molecule has 0 atom stereocenters. The average Bonchev–Trinajstić information content (AvgIpc) is 3.37. The number of likely N-dealkylation sites (tertiary alicyclic amines) is 1. The highest BCUT2D eigenvalue weighted by molar-refractivity contribution is 7.12. The van der Waals surface area contributed by atoms with Gasteiger partial charge in [0.15, 0.2) is 0 Å². The lowest BCUT2D eigenvalue weighted by Gasteiger charge is -2.16. The fourth-order valence-electron chi connectivity index (χ4n) is 2.95. The zero-order valence-electron chi connectivity index (χ0n) is 14.9. The van der Waals surface area contributed by atoms with E-state index in [4.69, 9.17) is 0 Å². The molecule has 3 rings (SSSR count). The molecule has 2 aromatic heterocycles. The second-order valence-electron chi connectivity index (χ2n) is 6.34. The van der Waals surface area contributed by atoms with Crippen molar-refractivity contribution in [3.8, 4) is 0 Å². The smallest absolute Gasteiger partial charge is 0.267 e. The molecule has 6 nitrogen and oxygen atoms in total. The van der Waals surface area contributed by atoms with E-state index in [2.05, 4.69) is 15.5 Å². The molecule has 1 aliphatic heterocycles. The Morgan fingerprint density at radius 3 is 2.69 bits per heavy atom. The van der Waals surface area contributed by atoms with Gasteiger partial charge in [0.05, 0.1) is 4.88 Å². The largest absolute Gasteiger partial charge is 0.351 e. The van der Waals surface area contributed by atoms with Crippen molar-refractivity contribution < 1.29 is 9.59 Å². The molecule has 138 valence electrons. The minimum absolute atomic E-state index is 0.256. The van der Waals surface area contributed by atoms with Gasteiger partial charge < -0.3 is 20.1 Å². The van der Waals surface area contributed by atoms with Crippen LogP contribution in [-0.2, 0) is 11.8 Å². The molecule has 1 fully saturated rings. The van der Waals surface area contributed by atoms with Gasteiger partial charge in [-0.1, -0.05) is 6.07 Å². The quantitative estimate of drug-likeness (QED) is 0.731. The summed E-state index contributed by atoms with van der Waals surface area (Å²) in [5.41, 5.74) is 1.10. The molecule has 1 aliphatic rings. The molecule has 0 saturated carbocycles. The van der Waals surface area contributed by atoms with E-state index < -0.39 is 0 Å². The van der Waals surface area contributed by atoms with E-state index in [1.807, 2.05) is 41.4 Å². The summed E-state index contributed by atoms with van der Waals surface area (Å²) in [7, 11) is 1.90. The highest BCUT2D eigenvalue weighted by atomic mass is 32.1. The van der Waals surface area contributed by atoms with E-state index in [9.17, 15) is 9.59 Å². The number of amides is 2. The molecule has 0 unspecified atom stereocenters. The standard InChI is InChI=1S/C19H24N4O2S/c1-22-9-4-6-15(22)14-16(21-19(25)17-7-5-13-26-17)18(24)20-8-12-23-10-2-3-11-23/h4-7,9,13-14H,2-3,8,10-12H2,1H3,(H,20,24)(H,21,25)/b16-14+. The summed E-state index contributed by atoms with van der Waals surface area (Å²) in [6.45, 7) is 3.59. The lowest BCUT2D eigenvalue weighted by atomic mass is 10.3. The zero-order valence-corrected chi connectivity index (χ0v) is 15.7. The van der Waals surface area contributed by atoms with Crippen LogP contribution in [0.4, 0.5) is 0 Å². The van der Waals surface area contributed by atoms with Crippen LogP contribution in [0.1, 0.15) is 28.2 Å². The van der Waals surface area contributed by atoms with Gasteiger partial charge in [0.1, 0.15) is 5.70 Å². The third-order valence-electron chi connectivity index (χ3n) is 4.43. The summed E-state index contributed by atoms with van der Waals surface area (Å²) >= 11 is 1.35. The second kappa shape index (κ2) is 8.82. The monoisotopic (exact) mass is 372 g/mol. The Hall–Kier alpha value is -2.38. The van der Waals surface area contributed by atoms with Gasteiger partial charge in [0.25, 0.3) is 11.8 Å². The van der Waals surface area contributed by atoms with Crippen molar-refractivity contribution in [2.75, 3.05) is 26.2 Å². The summed E-state index contributed by atoms with van der Waals surface area (Å²) in [4.78, 5) is 27.9. The van der Waals surface area contributed by atoms with Crippen LogP contribution >= 0.6 is 11.3 Å². The molecular formula is C19H24N4O2S. The van der Waals surface area contributed by atoms with Crippen LogP contribution in [0.3, 0.4) is 0 Å². The molecule has 0 aromatic carbocycles. The molecular weight excluding hydrogens is 348 g/mol. The van der Waals surface area contributed by atoms with E-state index in [0.29, 0.717) is 11.4 Å². The average molecular weight is 372 g/mol. The minimum Gasteiger partial charge on any atom is -0.351 e. The highest BCUT2D eigenvalue weighted by Gasteiger charge is 2.16. The maximum atomic E-state index is 12.6. The third kappa shape index (κ3) is 4.83. The van der Waals surface area contributed by atoms with Crippen LogP contribution in [0.15, 0.2) is 41.5 Å². The van der Waals surface area contributed by atoms with Crippen LogP contribution < -0.4 is 10.6 Å². The molecule has 0 spiro atoms. The Bertz CT molecular complexity index is 773. The number of rotatable bonds is 7. The number of carbonyl (C=O) groups is 2. The molecule has 0 radical (unpaired) electrons. The van der Waals surface area contributed by atoms with Crippen LogP contribution in [0.25, 0.3) is 6.08 Å². The molecule has 2 amide bonds. The van der Waals surface area contributed by atoms with Gasteiger partial charge in [-0.05, 0) is 55.6 Å². The molecule has 0 bridgehead atoms. The number of nitrogens with one attached hydrogen (secondary N) is 2. The van der Waals surface area contributed by atoms with Gasteiger partial charge in [0.2, 0.25) is 0 Å². The predicted molar refractivity (Wildman–Crippen MR) is 104 cm³/mol. The van der Waals surface area contributed by atoms with Gasteiger partial charge in [-0.2, -0.15) is 0 Å². The fraction of sp³-hybridized carbons (Fsp3) is 0.368. The molecule has 2 aromatic rings. The van der Waals surface area contributed by atoms with Crippen molar-refractivity contribution in [2.24, 2.45) is 7.05 Å². The molecule has 26 heavy (non-hydrogen) atoms. The lowest BCUT2D eigenvalue weighted by Crippen LogP contribution is -2.38. The number of aromatic nitrogens is 1. The second-order valence-corrected chi connectivity index (χ2v) is 7.29. The first-order valence-electron chi connectivity index (χ1n) is 8.82. The van der Waals surface area contributed by atoms with Crippen molar-refractivity contribution in [3.63, 3.8) is 0 Å². The van der Waals surface area contributed by atoms with Crippen molar-refractivity contribution >= 4 is 29.2 Å². The lowest BCUT2D eigenvalue weighted by molar-refractivity contribution is -0.117. The first-order chi connectivity index (χ1) is 12.6. The van der Waals surface area contributed by atoms with Crippen LogP contribution in [0.2, 0.25) is 0 Å². The summed E-state index contributed by atoms with van der Waals surface area (Å²) in [5, 5.41) is 7.52. The molecule has 3 heterocycles. The number of hydrogen-bond acceptors (Lipinski definition) is 4. The van der Waals surface area contributed by atoms with E-state index in [1.165, 1.54) is 24.2 Å². The molecule has 2 N–H and O–H groups in total. The Morgan fingerprint density at radius 2 is 2.04 bits per heavy atom. The third-order valence-corrected chi connectivity index (χ3v) is 5.29. The number of hydrogen-bond donors (Lipinski definition) is 2. The van der Waals surface area contributed by atoms with E-state index in [-0.39, 0.29) is 17.5 Å². The summed E-state index contributed by atoms with van der Waals surface area (Å²) in [6.07, 6.45) is 6.05. The first kappa shape index (κ1) is 18.4. The Morgan fingerprint density at radius 1 is 1.23 bits per heavy atom. The molecule has 1 saturated heterocycles. The van der Waals surface area contributed by atoms with Gasteiger partial charge in [-0.15, -0.1) is 11.3 Å². The highest BCUT2D eigenvalue weighted by Crippen LogP contribution is 2.11. The summed E-state index contributed by atoms with van der Waals surface area (Å²) < 4.78 is 1.90. The number of nitrogens with zero attached hydrogens (tertiary/aromatic N) is 2. The fourth-order valence-corrected chi connectivity index (χ4v) is 3.57. The SMILES string of the molecule is Cn1cccc1/C=C(/NC(=O)c1cccs1)C(=O)NCCN1CCCC1. The predicted octanol–water partition coefficient (Wildman–Crippen LogP) is 2.07. The van der Waals surface area contributed by atoms with Gasteiger partial charge >= 0.3 is 0 Å². The van der Waals surface area contributed by atoms with Crippen molar-refractivity contribution in [1.82, 2.24) is 20.1 Å². The van der Waals surface area contributed by atoms with Crippen molar-refractivity contribution in [3.05, 3.63) is 52.1 Å². The summed E-state index contributed by atoms with van der Waals surface area (Å²) in [6, 6.07) is 7.35. The van der Waals surface area contributed by atoms with Crippen molar-refractivity contribution in [1.29, 1.82) is 0 Å². The van der Waals surface area contributed by atoms with Crippen LogP contribution in [0, 0.1) is 0 Å². The minimum atomic E-state index is -0.268. The van der Waals surface area contributed by atoms with E-state index in [0.717, 1.165) is 25.3 Å². The van der Waals surface area contributed by atoms with Crippen LogP contribution in [-0.4, -0.2) is 47.5 Å². The number of aryl methyl sites for hydroxylation is 1. The van der Waals surface area contributed by atoms with Gasteiger partial charge in [0, 0.05) is 32.0 Å². The van der Waals surface area contributed by atoms with Crippen molar-refractivity contribution in [2.45, 2.75) is 12.8 Å². The molecule has 7 heteroatoms. The van der Waals surface area contributed by atoms with Gasteiger partial charge in [-0.25, -0.2) is 0 Å².